The Balaban J connectivity index is 1.26. The Labute approximate surface area is 203 Å². The van der Waals surface area contributed by atoms with Crippen molar-refractivity contribution in [3.63, 3.8) is 0 Å². The lowest BCUT2D eigenvalue weighted by atomic mass is 10.2. The van der Waals surface area contributed by atoms with Crippen molar-refractivity contribution in [3.8, 4) is 16.3 Å². The molecule has 178 valence electrons. The Kier molecular flexibility index (Phi) is 7.47. The highest BCUT2D eigenvalue weighted by Crippen LogP contribution is 2.31. The summed E-state index contributed by atoms with van der Waals surface area (Å²) in [4.78, 5) is 28.6. The van der Waals surface area contributed by atoms with E-state index in [9.17, 15) is 18.4 Å². The van der Waals surface area contributed by atoms with E-state index in [4.69, 9.17) is 4.74 Å². The first kappa shape index (κ1) is 24.0. The van der Waals surface area contributed by atoms with Crippen LogP contribution in [0.15, 0.2) is 72.8 Å². The van der Waals surface area contributed by atoms with E-state index in [1.54, 1.807) is 23.5 Å². The van der Waals surface area contributed by atoms with Gasteiger partial charge < -0.3 is 14.8 Å². The van der Waals surface area contributed by atoms with Gasteiger partial charge in [-0.1, -0.05) is 18.2 Å². The molecular weight excluding hydrogens is 474 g/mol. The zero-order valence-corrected chi connectivity index (χ0v) is 19.4. The van der Waals surface area contributed by atoms with Crippen LogP contribution < -0.4 is 10.1 Å². The summed E-state index contributed by atoms with van der Waals surface area (Å²) >= 11 is 1.60. The van der Waals surface area contributed by atoms with Crippen molar-refractivity contribution in [2.75, 3.05) is 11.9 Å². The summed E-state index contributed by atoms with van der Waals surface area (Å²) in [6.45, 7) is -1.32. The number of aryl methyl sites for hydroxylation is 1. The molecule has 0 spiro atoms. The predicted octanol–water partition coefficient (Wildman–Crippen LogP) is 6.07. The number of thiazole rings is 1. The average molecular weight is 495 g/mol. The van der Waals surface area contributed by atoms with Crippen LogP contribution >= 0.6 is 11.3 Å². The zero-order chi connectivity index (χ0) is 24.8. The molecule has 4 rings (SSSR count). The van der Waals surface area contributed by atoms with Crippen molar-refractivity contribution in [1.29, 1.82) is 0 Å². The van der Waals surface area contributed by atoms with Crippen molar-refractivity contribution in [1.82, 2.24) is 4.98 Å². The van der Waals surface area contributed by atoms with Crippen molar-refractivity contribution in [2.45, 2.75) is 13.5 Å². The second-order valence-corrected chi connectivity index (χ2v) is 8.53. The van der Waals surface area contributed by atoms with Gasteiger partial charge in [-0.3, -0.25) is 4.79 Å². The predicted molar refractivity (Wildman–Crippen MR) is 131 cm³/mol. The van der Waals surface area contributed by atoms with Gasteiger partial charge in [0.2, 0.25) is 0 Å². The lowest BCUT2D eigenvalue weighted by Gasteiger charge is -2.06. The molecule has 35 heavy (non-hydrogen) atoms. The van der Waals surface area contributed by atoms with Gasteiger partial charge in [-0.05, 0) is 72.7 Å². The maximum atomic E-state index is 12.2. The Bertz CT molecular complexity index is 1370. The van der Waals surface area contributed by atoms with E-state index in [2.05, 4.69) is 21.1 Å². The molecule has 0 saturated heterocycles. The highest BCUT2D eigenvalue weighted by atomic mass is 32.1. The highest BCUT2D eigenvalue weighted by Gasteiger charge is 2.09. The molecule has 0 bridgehead atoms. The Morgan fingerprint density at radius 2 is 1.80 bits per heavy atom. The summed E-state index contributed by atoms with van der Waals surface area (Å²) in [6.07, 6.45) is 2.58. The SMILES string of the molecule is Cc1ccc2nc(-c3ccc(NC(=O)COC(=O)C=Cc4ccc(OC(F)F)cc4)cc3)sc2c1. The third kappa shape index (κ3) is 6.70. The maximum Gasteiger partial charge on any atom is 0.387 e. The minimum absolute atomic E-state index is 0.0135. The summed E-state index contributed by atoms with van der Waals surface area (Å²) < 4.78 is 34.6. The van der Waals surface area contributed by atoms with Crippen molar-refractivity contribution in [2.24, 2.45) is 0 Å². The van der Waals surface area contributed by atoms with Crippen LogP contribution in [0.5, 0.6) is 5.75 Å². The van der Waals surface area contributed by atoms with Gasteiger partial charge in [-0.25, -0.2) is 9.78 Å². The van der Waals surface area contributed by atoms with E-state index in [1.165, 1.54) is 35.9 Å². The molecule has 1 heterocycles. The van der Waals surface area contributed by atoms with E-state index in [0.29, 0.717) is 11.3 Å². The summed E-state index contributed by atoms with van der Waals surface area (Å²) in [5, 5.41) is 3.56. The average Bonchev–Trinajstić information content (AvgIpc) is 3.25. The summed E-state index contributed by atoms with van der Waals surface area (Å²) in [5.41, 5.74) is 4.21. The van der Waals surface area contributed by atoms with Crippen LogP contribution in [0.1, 0.15) is 11.1 Å². The topological polar surface area (TPSA) is 77.5 Å². The van der Waals surface area contributed by atoms with Crippen LogP contribution in [0.4, 0.5) is 14.5 Å². The monoisotopic (exact) mass is 494 g/mol. The molecule has 0 atom stereocenters. The largest absolute Gasteiger partial charge is 0.452 e. The molecule has 0 aliphatic carbocycles. The van der Waals surface area contributed by atoms with E-state index >= 15 is 0 Å². The molecular formula is C26H20F2N2O4S. The van der Waals surface area contributed by atoms with Crippen molar-refractivity contribution in [3.05, 3.63) is 83.9 Å². The van der Waals surface area contributed by atoms with E-state index in [1.807, 2.05) is 31.2 Å². The Morgan fingerprint density at radius 3 is 2.51 bits per heavy atom. The number of fused-ring (bicyclic) bond motifs is 1. The smallest absolute Gasteiger partial charge is 0.387 e. The molecule has 0 aliphatic heterocycles. The molecule has 0 unspecified atom stereocenters. The van der Waals surface area contributed by atoms with Crippen molar-refractivity contribution < 1.29 is 27.8 Å². The molecule has 1 N–H and O–H groups in total. The maximum absolute atomic E-state index is 12.2. The van der Waals surface area contributed by atoms with Gasteiger partial charge in [0.1, 0.15) is 10.8 Å². The summed E-state index contributed by atoms with van der Waals surface area (Å²) in [5.74, 6) is -1.18. The number of esters is 1. The highest BCUT2D eigenvalue weighted by molar-refractivity contribution is 7.21. The van der Waals surface area contributed by atoms with Gasteiger partial charge in [-0.2, -0.15) is 8.78 Å². The first-order valence-corrected chi connectivity index (χ1v) is 11.3. The number of ether oxygens (including phenoxy) is 2. The molecule has 0 fully saturated rings. The zero-order valence-electron chi connectivity index (χ0n) is 18.5. The molecule has 0 radical (unpaired) electrons. The molecule has 1 amide bonds. The van der Waals surface area contributed by atoms with Crippen LogP contribution in [0, 0.1) is 6.92 Å². The number of amides is 1. The third-order valence-corrected chi connectivity index (χ3v) is 5.89. The number of nitrogens with zero attached hydrogens (tertiary/aromatic N) is 1. The number of halogens is 2. The van der Waals surface area contributed by atoms with Crippen LogP contribution in [-0.4, -0.2) is 30.1 Å². The van der Waals surface area contributed by atoms with Gasteiger partial charge in [0, 0.05) is 17.3 Å². The third-order valence-electron chi connectivity index (χ3n) is 4.82. The lowest BCUT2D eigenvalue weighted by Crippen LogP contribution is -2.20. The van der Waals surface area contributed by atoms with Crippen LogP contribution in [-0.2, 0) is 14.3 Å². The minimum atomic E-state index is -2.90. The van der Waals surface area contributed by atoms with E-state index < -0.39 is 25.1 Å². The molecule has 6 nitrogen and oxygen atoms in total. The number of carbonyl (C=O) groups excluding carboxylic acids is 2. The molecule has 9 heteroatoms. The van der Waals surface area contributed by atoms with Crippen LogP contribution in [0.2, 0.25) is 0 Å². The van der Waals surface area contributed by atoms with Gasteiger partial charge >= 0.3 is 12.6 Å². The Morgan fingerprint density at radius 1 is 1.06 bits per heavy atom. The molecule has 0 saturated carbocycles. The fraction of sp³-hybridized carbons (Fsp3) is 0.115. The summed E-state index contributed by atoms with van der Waals surface area (Å²) in [7, 11) is 0. The number of hydrogen-bond acceptors (Lipinski definition) is 6. The molecule has 3 aromatic carbocycles. The van der Waals surface area contributed by atoms with Crippen LogP contribution in [0.25, 0.3) is 26.9 Å². The molecule has 1 aromatic heterocycles. The fourth-order valence-electron chi connectivity index (χ4n) is 3.16. The second-order valence-electron chi connectivity index (χ2n) is 7.50. The van der Waals surface area contributed by atoms with Gasteiger partial charge in [0.15, 0.2) is 6.61 Å². The van der Waals surface area contributed by atoms with Crippen molar-refractivity contribution >= 4 is 45.2 Å². The number of carbonyl (C=O) groups is 2. The first-order valence-electron chi connectivity index (χ1n) is 10.5. The lowest BCUT2D eigenvalue weighted by molar-refractivity contribution is -0.142. The minimum Gasteiger partial charge on any atom is -0.452 e. The number of rotatable bonds is 8. The fourth-order valence-corrected chi connectivity index (χ4v) is 4.23. The summed E-state index contributed by atoms with van der Waals surface area (Å²) in [6, 6.07) is 19.1. The second kappa shape index (κ2) is 10.9. The Hall–Kier alpha value is -4.11. The number of benzene rings is 3. The number of anilines is 1. The first-order chi connectivity index (χ1) is 16.9. The number of hydrogen-bond donors (Lipinski definition) is 1. The molecule has 4 aromatic rings. The van der Waals surface area contributed by atoms with Gasteiger partial charge in [-0.15, -0.1) is 11.3 Å². The quantitative estimate of drug-likeness (QED) is 0.238. The van der Waals surface area contributed by atoms with Gasteiger partial charge in [0.05, 0.1) is 10.2 Å². The van der Waals surface area contributed by atoms with E-state index in [0.717, 1.165) is 26.9 Å². The van der Waals surface area contributed by atoms with E-state index in [-0.39, 0.29) is 5.75 Å². The number of alkyl halides is 2. The number of aromatic nitrogens is 1. The van der Waals surface area contributed by atoms with Crippen LogP contribution in [0.3, 0.4) is 0 Å². The standard InChI is InChI=1S/C26H20F2N2O4S/c1-16-2-12-21-22(14-16)35-25(30-21)18-6-8-19(9-7-18)29-23(31)15-33-24(32)13-5-17-3-10-20(11-4-17)34-26(27)28/h2-14,26H,15H2,1H3,(H,29,31). The van der Waals surface area contributed by atoms with Gasteiger partial charge in [0.25, 0.3) is 5.91 Å². The normalized spacial score (nSPS) is 11.2. The number of nitrogens with one attached hydrogen (secondary N) is 1. The molecule has 0 aliphatic rings.